The van der Waals surface area contributed by atoms with Crippen LogP contribution in [0.25, 0.3) is 10.8 Å². The van der Waals surface area contributed by atoms with Gasteiger partial charge in [0.1, 0.15) is 0 Å². The van der Waals surface area contributed by atoms with Crippen LogP contribution in [0.4, 0.5) is 0 Å². The number of amides is 2. The summed E-state index contributed by atoms with van der Waals surface area (Å²) in [7, 11) is 0. The lowest BCUT2D eigenvalue weighted by molar-refractivity contribution is -0.126. The lowest BCUT2D eigenvalue weighted by Gasteiger charge is -2.39. The Bertz CT molecular complexity index is 1190. The largest absolute Gasteiger partial charge is 0.381 e. The Morgan fingerprint density at radius 3 is 2.37 bits per heavy atom. The molecule has 35 heavy (non-hydrogen) atoms. The highest BCUT2D eigenvalue weighted by atomic mass is 35.5. The summed E-state index contributed by atoms with van der Waals surface area (Å²) in [5, 5.41) is 6.00. The number of carbonyl (C=O) groups excluding carboxylic acids is 2. The van der Waals surface area contributed by atoms with Crippen LogP contribution in [0, 0.1) is 5.92 Å². The maximum absolute atomic E-state index is 13.2. The molecular formula is C29H31ClN2O3. The Hall–Kier alpha value is -2.89. The first-order valence-corrected chi connectivity index (χ1v) is 12.8. The number of fused-ring (bicyclic) bond motifs is 1. The van der Waals surface area contributed by atoms with Crippen LogP contribution < -0.4 is 5.32 Å². The third-order valence-electron chi connectivity index (χ3n) is 7.68. The molecule has 0 aromatic heterocycles. The van der Waals surface area contributed by atoms with E-state index in [1.54, 1.807) is 0 Å². The number of rotatable bonds is 5. The predicted molar refractivity (Wildman–Crippen MR) is 139 cm³/mol. The van der Waals surface area contributed by atoms with Crippen LogP contribution in [-0.4, -0.2) is 49.6 Å². The number of ether oxygens (including phenoxy) is 1. The summed E-state index contributed by atoms with van der Waals surface area (Å²) in [5.41, 5.74) is 1.79. The second kappa shape index (κ2) is 10.4. The van der Waals surface area contributed by atoms with Gasteiger partial charge in [0.05, 0.1) is 0 Å². The molecule has 6 heteroatoms. The van der Waals surface area contributed by atoms with Gasteiger partial charge in [0, 0.05) is 54.8 Å². The molecule has 3 aromatic carbocycles. The molecule has 5 nitrogen and oxygen atoms in total. The summed E-state index contributed by atoms with van der Waals surface area (Å²) < 4.78 is 5.61. The van der Waals surface area contributed by atoms with Crippen molar-refractivity contribution >= 4 is 34.2 Å². The van der Waals surface area contributed by atoms with E-state index in [9.17, 15) is 9.59 Å². The summed E-state index contributed by atoms with van der Waals surface area (Å²) in [6.45, 7) is 3.15. The normalized spacial score (nSPS) is 18.4. The number of benzene rings is 3. The monoisotopic (exact) mass is 490 g/mol. The van der Waals surface area contributed by atoms with E-state index in [-0.39, 0.29) is 23.1 Å². The number of hydrogen-bond acceptors (Lipinski definition) is 3. The van der Waals surface area contributed by atoms with Crippen molar-refractivity contribution < 1.29 is 14.3 Å². The van der Waals surface area contributed by atoms with E-state index in [1.807, 2.05) is 59.5 Å². The van der Waals surface area contributed by atoms with Crippen LogP contribution in [0.1, 0.15) is 41.6 Å². The van der Waals surface area contributed by atoms with Gasteiger partial charge < -0.3 is 15.0 Å². The Kier molecular flexibility index (Phi) is 7.07. The van der Waals surface area contributed by atoms with E-state index >= 15 is 0 Å². The minimum atomic E-state index is -0.135. The van der Waals surface area contributed by atoms with Crippen molar-refractivity contribution in [2.24, 2.45) is 5.92 Å². The van der Waals surface area contributed by atoms with Crippen molar-refractivity contribution in [2.45, 2.75) is 31.1 Å². The molecule has 5 rings (SSSR count). The fraction of sp³-hybridized carbons (Fsp3) is 0.379. The first kappa shape index (κ1) is 23.8. The van der Waals surface area contributed by atoms with Crippen molar-refractivity contribution in [1.29, 1.82) is 0 Å². The number of piperidine rings is 1. The zero-order valence-electron chi connectivity index (χ0n) is 19.8. The standard InChI is InChI=1S/C29H31ClN2O3/c30-24-10-8-23(9-11-24)29(14-18-35-19-15-29)20-31-27(33)22-12-16-32(17-13-22)28(34)26-7-3-5-21-4-1-2-6-25(21)26/h1-11,22H,12-20H2,(H,31,33). The van der Waals surface area contributed by atoms with E-state index in [4.69, 9.17) is 16.3 Å². The number of hydrogen-bond donors (Lipinski definition) is 1. The van der Waals surface area contributed by atoms with Crippen molar-refractivity contribution in [3.63, 3.8) is 0 Å². The van der Waals surface area contributed by atoms with Crippen molar-refractivity contribution in [3.05, 3.63) is 82.9 Å². The molecule has 0 bridgehead atoms. The maximum atomic E-state index is 13.2. The fourth-order valence-corrected chi connectivity index (χ4v) is 5.59. The van der Waals surface area contributed by atoms with Gasteiger partial charge in [-0.25, -0.2) is 0 Å². The Morgan fingerprint density at radius 1 is 0.943 bits per heavy atom. The van der Waals surface area contributed by atoms with E-state index in [2.05, 4.69) is 17.4 Å². The van der Waals surface area contributed by atoms with Crippen LogP contribution in [0.2, 0.25) is 5.02 Å². The average molecular weight is 491 g/mol. The quantitative estimate of drug-likeness (QED) is 0.534. The Morgan fingerprint density at radius 2 is 1.63 bits per heavy atom. The predicted octanol–water partition coefficient (Wildman–Crippen LogP) is 5.21. The second-order valence-corrected chi connectivity index (χ2v) is 10.1. The topological polar surface area (TPSA) is 58.6 Å². The SMILES string of the molecule is O=C(NCC1(c2ccc(Cl)cc2)CCOCC1)C1CCN(C(=O)c2cccc3ccccc23)CC1. The van der Waals surface area contributed by atoms with Gasteiger partial charge in [-0.15, -0.1) is 0 Å². The summed E-state index contributed by atoms with van der Waals surface area (Å²) in [6, 6.07) is 21.8. The zero-order chi connectivity index (χ0) is 24.3. The molecule has 2 heterocycles. The lowest BCUT2D eigenvalue weighted by atomic mass is 9.74. The summed E-state index contributed by atoms with van der Waals surface area (Å²) in [5.74, 6) is 0.0559. The van der Waals surface area contributed by atoms with Gasteiger partial charge in [-0.2, -0.15) is 0 Å². The van der Waals surface area contributed by atoms with E-state index in [1.165, 1.54) is 5.56 Å². The highest BCUT2D eigenvalue weighted by molar-refractivity contribution is 6.30. The van der Waals surface area contributed by atoms with E-state index < -0.39 is 0 Å². The molecule has 2 aliphatic rings. The van der Waals surface area contributed by atoms with Crippen LogP contribution in [0.15, 0.2) is 66.7 Å². The fourth-order valence-electron chi connectivity index (χ4n) is 5.46. The first-order valence-electron chi connectivity index (χ1n) is 12.4. The second-order valence-electron chi connectivity index (χ2n) is 9.71. The van der Waals surface area contributed by atoms with Crippen LogP contribution >= 0.6 is 11.6 Å². The molecule has 0 atom stereocenters. The van der Waals surface area contributed by atoms with Gasteiger partial charge in [0.2, 0.25) is 5.91 Å². The highest BCUT2D eigenvalue weighted by Gasteiger charge is 2.36. The van der Waals surface area contributed by atoms with Crippen LogP contribution in [0.5, 0.6) is 0 Å². The molecule has 2 amide bonds. The molecule has 182 valence electrons. The number of nitrogens with zero attached hydrogens (tertiary/aromatic N) is 1. The maximum Gasteiger partial charge on any atom is 0.254 e. The molecule has 2 aliphatic heterocycles. The lowest BCUT2D eigenvalue weighted by Crippen LogP contribution is -2.48. The zero-order valence-corrected chi connectivity index (χ0v) is 20.6. The van der Waals surface area contributed by atoms with Gasteiger partial charge >= 0.3 is 0 Å². The molecule has 0 radical (unpaired) electrons. The minimum absolute atomic E-state index is 0.0459. The molecule has 0 spiro atoms. The molecule has 0 aliphatic carbocycles. The van der Waals surface area contributed by atoms with Gasteiger partial charge in [-0.1, -0.05) is 60.1 Å². The molecule has 2 fully saturated rings. The first-order chi connectivity index (χ1) is 17.1. The number of halogens is 1. The average Bonchev–Trinajstić information content (AvgIpc) is 2.92. The molecule has 0 saturated carbocycles. The van der Waals surface area contributed by atoms with Crippen LogP contribution in [-0.2, 0) is 14.9 Å². The smallest absolute Gasteiger partial charge is 0.254 e. The van der Waals surface area contributed by atoms with Gasteiger partial charge in [0.25, 0.3) is 5.91 Å². The molecular weight excluding hydrogens is 460 g/mol. The number of carbonyl (C=O) groups is 2. The summed E-state index contributed by atoms with van der Waals surface area (Å²) >= 11 is 6.10. The summed E-state index contributed by atoms with van der Waals surface area (Å²) in [4.78, 5) is 28.3. The molecule has 0 unspecified atom stereocenters. The van der Waals surface area contributed by atoms with Crippen molar-refractivity contribution in [1.82, 2.24) is 10.2 Å². The van der Waals surface area contributed by atoms with E-state index in [0.29, 0.717) is 50.7 Å². The molecule has 2 saturated heterocycles. The minimum Gasteiger partial charge on any atom is -0.381 e. The molecule has 1 N–H and O–H groups in total. The Labute approximate surface area is 211 Å². The third-order valence-corrected chi connectivity index (χ3v) is 7.93. The highest BCUT2D eigenvalue weighted by Crippen LogP contribution is 2.35. The van der Waals surface area contributed by atoms with Crippen molar-refractivity contribution in [2.75, 3.05) is 32.8 Å². The number of likely N-dealkylation sites (tertiary alicyclic amines) is 1. The van der Waals surface area contributed by atoms with Gasteiger partial charge in [-0.05, 0) is 60.2 Å². The van der Waals surface area contributed by atoms with Crippen LogP contribution in [0.3, 0.4) is 0 Å². The number of nitrogens with one attached hydrogen (secondary N) is 1. The third kappa shape index (κ3) is 5.07. The van der Waals surface area contributed by atoms with E-state index in [0.717, 1.165) is 29.2 Å². The van der Waals surface area contributed by atoms with Crippen molar-refractivity contribution in [3.8, 4) is 0 Å². The van der Waals surface area contributed by atoms with Gasteiger partial charge in [0.15, 0.2) is 0 Å². The molecule has 3 aromatic rings. The Balaban J connectivity index is 1.20. The van der Waals surface area contributed by atoms with Gasteiger partial charge in [-0.3, -0.25) is 9.59 Å². The summed E-state index contributed by atoms with van der Waals surface area (Å²) in [6.07, 6.45) is 3.10.